The molecule has 15 nitrogen and oxygen atoms in total. The van der Waals surface area contributed by atoms with Gasteiger partial charge in [-0.05, 0) is 97.2 Å². The van der Waals surface area contributed by atoms with Crippen LogP contribution in [0.25, 0.3) is 0 Å². The Morgan fingerprint density at radius 2 is 1.23 bits per heavy atom. The zero-order valence-corrected chi connectivity index (χ0v) is 35.7. The van der Waals surface area contributed by atoms with Gasteiger partial charge in [-0.3, -0.25) is 24.4 Å². The van der Waals surface area contributed by atoms with Crippen LogP contribution in [0.2, 0.25) is 5.15 Å². The number of benzene rings is 2. The second kappa shape index (κ2) is 23.0. The van der Waals surface area contributed by atoms with Gasteiger partial charge in [-0.15, -0.1) is 0 Å². The summed E-state index contributed by atoms with van der Waals surface area (Å²) < 4.78 is 12.4. The molecule has 0 spiro atoms. The van der Waals surface area contributed by atoms with Gasteiger partial charge >= 0.3 is 0 Å². The Hall–Kier alpha value is -6.32. The van der Waals surface area contributed by atoms with E-state index in [0.717, 1.165) is 80.3 Å². The lowest BCUT2D eigenvalue weighted by Gasteiger charge is -2.45. The molecule has 0 bridgehead atoms. The number of rotatable bonds is 22. The minimum Gasteiger partial charge on any atom is -0.484 e. The summed E-state index contributed by atoms with van der Waals surface area (Å²) in [5, 5.41) is 8.88. The number of anilines is 2. The quantitative estimate of drug-likeness (QED) is 0.0611. The Labute approximate surface area is 367 Å². The molecule has 1 unspecified atom stereocenters. The molecule has 326 valence electrons. The number of aryl methyl sites for hydroxylation is 2. The van der Waals surface area contributed by atoms with Crippen LogP contribution >= 0.6 is 11.6 Å². The molecular formula is C46H56ClN10O5+. The number of likely N-dealkylation sites (tertiary alicyclic amines) is 1. The van der Waals surface area contributed by atoms with Crippen molar-refractivity contribution in [2.75, 3.05) is 63.9 Å². The van der Waals surface area contributed by atoms with Crippen molar-refractivity contribution in [2.45, 2.75) is 57.4 Å². The normalized spacial score (nSPS) is 14.4. The highest BCUT2D eigenvalue weighted by molar-refractivity contribution is 6.31. The van der Waals surface area contributed by atoms with Gasteiger partial charge in [0, 0.05) is 50.7 Å². The number of nitrogens with two attached hydrogens (primary N) is 2. The van der Waals surface area contributed by atoms with Gasteiger partial charge < -0.3 is 41.4 Å². The molecule has 1 saturated heterocycles. The monoisotopic (exact) mass is 863 g/mol. The van der Waals surface area contributed by atoms with E-state index in [2.05, 4.69) is 35.9 Å². The van der Waals surface area contributed by atoms with E-state index < -0.39 is 5.91 Å². The van der Waals surface area contributed by atoms with Gasteiger partial charge in [0.25, 0.3) is 17.7 Å². The average Bonchev–Trinajstić information content (AvgIpc) is 3.28. The number of piperidine rings is 1. The number of carbonyl (C=O) groups is 3. The number of nitrogen functional groups attached to an aromatic ring is 2. The van der Waals surface area contributed by atoms with E-state index in [0.29, 0.717) is 37.4 Å². The Morgan fingerprint density at radius 1 is 0.694 bits per heavy atom. The number of pyridine rings is 2. The van der Waals surface area contributed by atoms with Crippen LogP contribution in [0.3, 0.4) is 0 Å². The summed E-state index contributed by atoms with van der Waals surface area (Å²) in [7, 11) is 0. The van der Waals surface area contributed by atoms with Gasteiger partial charge in [-0.2, -0.15) is 0 Å². The summed E-state index contributed by atoms with van der Waals surface area (Å²) in [6.07, 6.45) is 13.8. The molecule has 0 saturated carbocycles. The van der Waals surface area contributed by atoms with Gasteiger partial charge in [-0.1, -0.05) is 48.0 Å². The SMILES string of the molecule is Nc1nc(N)c(C(=O)NC2CCC[N+](CCCc3ccc(OCC(=O)NCCc4cccnc4)cc3)(CCCc3ccc(OCC(=O)NCCc4cccnc4)cc3)C2)nc1Cl. The van der Waals surface area contributed by atoms with Gasteiger partial charge in [0.15, 0.2) is 35.7 Å². The number of ether oxygens (including phenoxy) is 2. The number of nitrogens with one attached hydrogen (secondary N) is 3. The molecule has 3 aromatic heterocycles. The van der Waals surface area contributed by atoms with Crippen molar-refractivity contribution in [3.8, 4) is 11.5 Å². The van der Waals surface area contributed by atoms with Gasteiger partial charge in [0.2, 0.25) is 0 Å². The molecule has 1 atom stereocenters. The summed E-state index contributed by atoms with van der Waals surface area (Å²) in [5.41, 5.74) is 16.2. The molecule has 16 heteroatoms. The molecule has 5 aromatic rings. The molecule has 7 N–H and O–H groups in total. The van der Waals surface area contributed by atoms with Crippen LogP contribution in [-0.2, 0) is 35.3 Å². The number of aromatic nitrogens is 4. The van der Waals surface area contributed by atoms with Crippen molar-refractivity contribution in [2.24, 2.45) is 0 Å². The Balaban J connectivity index is 0.992. The summed E-state index contributed by atoms with van der Waals surface area (Å²) in [6.45, 7) is 4.53. The lowest BCUT2D eigenvalue weighted by molar-refractivity contribution is -0.933. The van der Waals surface area contributed by atoms with Crippen LogP contribution in [0.15, 0.2) is 97.6 Å². The van der Waals surface area contributed by atoms with E-state index in [1.54, 1.807) is 24.8 Å². The largest absolute Gasteiger partial charge is 0.484 e. The standard InChI is InChI=1S/C46H55ClN10O5/c47-43-45(49)56-44(48)42(55-43)46(60)54-37-10-5-27-57(30-37,25-3-8-33-11-15-38(16-12-33)61-31-40(58)52-23-19-35-6-1-21-50-28-35)26-4-9-34-13-17-39(18-14-34)62-32-41(59)53-24-20-36-7-2-22-51-29-36/h1-2,6-7,11-18,21-22,28-29,37H,3-5,8-10,19-20,23-27,30-32H2,(H6-,48,49,52,53,54,56,58,59,60)/p+1. The van der Waals surface area contributed by atoms with Crippen LogP contribution in [0.1, 0.15) is 58.4 Å². The fourth-order valence-electron chi connectivity index (χ4n) is 7.75. The van der Waals surface area contributed by atoms with E-state index >= 15 is 0 Å². The zero-order chi connectivity index (χ0) is 43.6. The zero-order valence-electron chi connectivity index (χ0n) is 34.9. The van der Waals surface area contributed by atoms with Crippen LogP contribution in [-0.4, -0.2) is 101 Å². The minimum absolute atomic E-state index is 0.0231. The number of amides is 3. The summed E-state index contributed by atoms with van der Waals surface area (Å²) in [4.78, 5) is 54.4. The van der Waals surface area contributed by atoms with E-state index in [-0.39, 0.29) is 53.6 Å². The number of nitrogens with zero attached hydrogens (tertiary/aromatic N) is 5. The minimum atomic E-state index is -0.420. The van der Waals surface area contributed by atoms with Crippen molar-refractivity contribution in [3.63, 3.8) is 0 Å². The highest BCUT2D eigenvalue weighted by atomic mass is 35.5. The number of halogens is 1. The predicted octanol–water partition coefficient (Wildman–Crippen LogP) is 4.53. The molecule has 2 aromatic carbocycles. The van der Waals surface area contributed by atoms with Crippen LogP contribution < -0.4 is 36.9 Å². The maximum Gasteiger partial charge on any atom is 0.274 e. The predicted molar refractivity (Wildman–Crippen MR) is 239 cm³/mol. The van der Waals surface area contributed by atoms with Crippen molar-refractivity contribution in [1.29, 1.82) is 0 Å². The highest BCUT2D eigenvalue weighted by Crippen LogP contribution is 2.25. The first kappa shape index (κ1) is 45.2. The highest BCUT2D eigenvalue weighted by Gasteiger charge is 2.35. The van der Waals surface area contributed by atoms with E-state index in [9.17, 15) is 14.4 Å². The van der Waals surface area contributed by atoms with E-state index in [1.807, 2.05) is 72.8 Å². The fourth-order valence-corrected chi connectivity index (χ4v) is 7.87. The number of hydrogen-bond donors (Lipinski definition) is 5. The molecule has 1 fully saturated rings. The third kappa shape index (κ3) is 14.4. The molecule has 0 radical (unpaired) electrons. The molecule has 6 rings (SSSR count). The van der Waals surface area contributed by atoms with Crippen LogP contribution in [0.4, 0.5) is 11.6 Å². The maximum atomic E-state index is 13.4. The molecule has 4 heterocycles. The first-order valence-corrected chi connectivity index (χ1v) is 21.5. The van der Waals surface area contributed by atoms with Crippen molar-refractivity contribution >= 4 is 41.0 Å². The molecule has 62 heavy (non-hydrogen) atoms. The fraction of sp³-hybridized carbons (Fsp3) is 0.370. The first-order valence-electron chi connectivity index (χ1n) is 21.1. The number of carbonyl (C=O) groups excluding carboxylic acids is 3. The first-order chi connectivity index (χ1) is 30.1. The average molecular weight is 864 g/mol. The molecule has 3 amide bonds. The smallest absolute Gasteiger partial charge is 0.274 e. The van der Waals surface area contributed by atoms with E-state index in [4.69, 9.17) is 32.5 Å². The van der Waals surface area contributed by atoms with Crippen molar-refractivity contribution < 1.29 is 28.3 Å². The molecule has 1 aliphatic heterocycles. The number of hydrogen-bond acceptors (Lipinski definition) is 11. The second-order valence-electron chi connectivity index (χ2n) is 15.6. The third-order valence-corrected chi connectivity index (χ3v) is 11.2. The third-order valence-electron chi connectivity index (χ3n) is 10.9. The lowest BCUT2D eigenvalue weighted by atomic mass is 9.99. The van der Waals surface area contributed by atoms with Gasteiger partial charge in [0.05, 0.1) is 32.2 Å². The van der Waals surface area contributed by atoms with Crippen LogP contribution in [0.5, 0.6) is 11.5 Å². The van der Waals surface area contributed by atoms with Crippen molar-refractivity contribution in [3.05, 3.63) is 131 Å². The molecule has 0 aliphatic carbocycles. The Kier molecular flexibility index (Phi) is 16.8. The van der Waals surface area contributed by atoms with Gasteiger partial charge in [-0.25, -0.2) is 9.97 Å². The Morgan fingerprint density at radius 3 is 1.73 bits per heavy atom. The maximum absolute atomic E-state index is 13.4. The van der Waals surface area contributed by atoms with Crippen molar-refractivity contribution in [1.82, 2.24) is 35.9 Å². The summed E-state index contributed by atoms with van der Waals surface area (Å²) in [6, 6.07) is 23.4. The topological polar surface area (TPSA) is 209 Å². The van der Waals surface area contributed by atoms with Crippen LogP contribution in [0, 0.1) is 0 Å². The van der Waals surface area contributed by atoms with Gasteiger partial charge in [0.1, 0.15) is 11.5 Å². The molecular weight excluding hydrogens is 808 g/mol. The van der Waals surface area contributed by atoms with E-state index in [1.165, 1.54) is 11.1 Å². The second-order valence-corrected chi connectivity index (χ2v) is 16.0. The summed E-state index contributed by atoms with van der Waals surface area (Å²) in [5.74, 6) is 0.426. The Bertz CT molecular complexity index is 2090. The molecule has 1 aliphatic rings. The summed E-state index contributed by atoms with van der Waals surface area (Å²) >= 11 is 6.09. The lowest BCUT2D eigenvalue weighted by Crippen LogP contribution is -2.60. The number of quaternary nitrogens is 1.